The number of hydrogen-bond acceptors (Lipinski definition) is 6. The molecule has 0 aliphatic carbocycles. The van der Waals surface area contributed by atoms with Gasteiger partial charge in [-0.3, -0.25) is 14.6 Å². The van der Waals surface area contributed by atoms with Crippen molar-refractivity contribution < 1.29 is 32.3 Å². The third kappa shape index (κ3) is 4.83. The van der Waals surface area contributed by atoms with E-state index in [1.165, 1.54) is 37.1 Å². The van der Waals surface area contributed by atoms with Crippen molar-refractivity contribution in [3.8, 4) is 17.2 Å². The van der Waals surface area contributed by atoms with Crippen molar-refractivity contribution in [1.82, 2.24) is 9.97 Å². The van der Waals surface area contributed by atoms with Gasteiger partial charge in [-0.1, -0.05) is 17.7 Å². The molecule has 1 N–H and O–H groups in total. The quantitative estimate of drug-likeness (QED) is 0.342. The molecule has 0 aliphatic rings. The summed E-state index contributed by atoms with van der Waals surface area (Å²) in [5.74, 6) is -2.69. The average Bonchev–Trinajstić information content (AvgIpc) is 3.31. The highest BCUT2D eigenvalue weighted by Gasteiger charge is 2.33. The molecule has 37 heavy (non-hydrogen) atoms. The number of carboxylic acids is 1. The second-order valence-electron chi connectivity index (χ2n) is 8.02. The van der Waals surface area contributed by atoms with Crippen LogP contribution in [0.25, 0.3) is 22.2 Å². The Hall–Kier alpha value is -4.43. The Balaban J connectivity index is 1.74. The minimum atomic E-state index is -4.74. The normalized spacial score (nSPS) is 12.2. The SMILES string of the molecule is CC(C(=O)O)c1nc2cccc(N(C)C(=O)c3ccc(Cl)c(-c4cnc(C(F)(F)F)cc4C#N)c3)c2o1. The fourth-order valence-corrected chi connectivity index (χ4v) is 3.81. The fourth-order valence-electron chi connectivity index (χ4n) is 3.59. The zero-order valence-corrected chi connectivity index (χ0v) is 19.9. The number of aromatic nitrogens is 2. The summed E-state index contributed by atoms with van der Waals surface area (Å²) in [7, 11) is 1.47. The van der Waals surface area contributed by atoms with E-state index in [2.05, 4.69) is 9.97 Å². The Morgan fingerprint density at radius 2 is 1.92 bits per heavy atom. The van der Waals surface area contributed by atoms with Crippen LogP contribution in [0.4, 0.5) is 18.9 Å². The number of carbonyl (C=O) groups is 2. The van der Waals surface area contributed by atoms with Crippen LogP contribution in [-0.4, -0.2) is 34.0 Å². The summed E-state index contributed by atoms with van der Waals surface area (Å²) in [6.07, 6.45) is -3.85. The van der Waals surface area contributed by atoms with Gasteiger partial charge < -0.3 is 14.4 Å². The standard InChI is InChI=1S/C25H16ClF3N4O4/c1-12(24(35)36)22-32-18-4-3-5-19(21(18)37-22)33(2)23(34)13-6-7-17(26)15(8-13)16-11-31-20(25(27,28)29)9-14(16)10-30/h3-9,11-12H,1-2H3,(H,35,36). The summed E-state index contributed by atoms with van der Waals surface area (Å²) >= 11 is 6.27. The molecule has 1 amide bonds. The molecule has 1 unspecified atom stereocenters. The molecule has 0 bridgehead atoms. The lowest BCUT2D eigenvalue weighted by molar-refractivity contribution is -0.141. The minimum Gasteiger partial charge on any atom is -0.481 e. The monoisotopic (exact) mass is 528 g/mol. The number of nitrogens with zero attached hydrogens (tertiary/aromatic N) is 4. The topological polar surface area (TPSA) is 120 Å². The molecule has 0 fully saturated rings. The van der Waals surface area contributed by atoms with Crippen molar-refractivity contribution in [3.63, 3.8) is 0 Å². The van der Waals surface area contributed by atoms with Crippen molar-refractivity contribution in [2.45, 2.75) is 19.0 Å². The second kappa shape index (κ2) is 9.55. The van der Waals surface area contributed by atoms with Crippen LogP contribution in [0.5, 0.6) is 0 Å². The molecule has 4 rings (SSSR count). The number of amides is 1. The Morgan fingerprint density at radius 3 is 2.57 bits per heavy atom. The lowest BCUT2D eigenvalue weighted by atomic mass is 9.99. The number of para-hydroxylation sites is 1. The molecule has 12 heteroatoms. The number of carboxylic acid groups (broad SMARTS) is 1. The number of pyridine rings is 1. The summed E-state index contributed by atoms with van der Waals surface area (Å²) in [5, 5.41) is 18.8. The van der Waals surface area contributed by atoms with Gasteiger partial charge in [0.2, 0.25) is 5.89 Å². The van der Waals surface area contributed by atoms with Crippen LogP contribution in [-0.2, 0) is 11.0 Å². The predicted octanol–water partition coefficient (Wildman–Crippen LogP) is 5.90. The van der Waals surface area contributed by atoms with Crippen molar-refractivity contribution in [2.75, 3.05) is 11.9 Å². The van der Waals surface area contributed by atoms with Crippen LogP contribution in [0.3, 0.4) is 0 Å². The van der Waals surface area contributed by atoms with E-state index in [0.29, 0.717) is 17.3 Å². The molecule has 1 atom stereocenters. The largest absolute Gasteiger partial charge is 0.481 e. The maximum absolute atomic E-state index is 13.4. The molecular weight excluding hydrogens is 513 g/mol. The maximum Gasteiger partial charge on any atom is 0.433 e. The van der Waals surface area contributed by atoms with Gasteiger partial charge in [-0.15, -0.1) is 0 Å². The summed E-state index contributed by atoms with van der Waals surface area (Å²) in [4.78, 5) is 33.6. The third-order valence-corrected chi connectivity index (χ3v) is 5.97. The van der Waals surface area contributed by atoms with Gasteiger partial charge in [-0.2, -0.15) is 18.4 Å². The number of aliphatic carboxylic acids is 1. The van der Waals surface area contributed by atoms with E-state index in [0.717, 1.165) is 6.20 Å². The van der Waals surface area contributed by atoms with Crippen LogP contribution in [0.15, 0.2) is 53.1 Å². The highest BCUT2D eigenvalue weighted by Crippen LogP contribution is 2.36. The molecule has 188 valence electrons. The smallest absolute Gasteiger partial charge is 0.433 e. The van der Waals surface area contributed by atoms with Crippen LogP contribution >= 0.6 is 11.6 Å². The Bertz CT molecular complexity index is 1590. The number of alkyl halides is 3. The van der Waals surface area contributed by atoms with Crippen molar-refractivity contribution in [3.05, 3.63) is 76.4 Å². The number of nitriles is 1. The van der Waals surface area contributed by atoms with Gasteiger partial charge in [0.05, 0.1) is 17.3 Å². The van der Waals surface area contributed by atoms with E-state index in [1.807, 2.05) is 0 Å². The molecule has 2 aromatic carbocycles. The van der Waals surface area contributed by atoms with E-state index in [4.69, 9.17) is 16.0 Å². The zero-order valence-electron chi connectivity index (χ0n) is 19.2. The first kappa shape index (κ1) is 25.7. The van der Waals surface area contributed by atoms with Gasteiger partial charge in [0.25, 0.3) is 5.91 Å². The molecule has 4 aromatic rings. The zero-order chi connectivity index (χ0) is 27.1. The van der Waals surface area contributed by atoms with Gasteiger partial charge in [0, 0.05) is 35.0 Å². The minimum absolute atomic E-state index is 0.0246. The van der Waals surface area contributed by atoms with Crippen LogP contribution in [0, 0.1) is 11.3 Å². The van der Waals surface area contributed by atoms with Crippen molar-refractivity contribution in [2.24, 2.45) is 0 Å². The number of hydrogen-bond donors (Lipinski definition) is 1. The number of benzene rings is 2. The summed E-state index contributed by atoms with van der Waals surface area (Å²) < 4.78 is 44.8. The Kier molecular flexibility index (Phi) is 6.62. The molecule has 0 radical (unpaired) electrons. The average molecular weight is 529 g/mol. The van der Waals surface area contributed by atoms with Gasteiger partial charge in [0.15, 0.2) is 5.58 Å². The molecule has 0 aliphatic heterocycles. The molecule has 0 saturated carbocycles. The fraction of sp³-hybridized carbons (Fsp3) is 0.160. The molecule has 8 nitrogen and oxygen atoms in total. The van der Waals surface area contributed by atoms with E-state index < -0.39 is 29.7 Å². The number of halogens is 4. The van der Waals surface area contributed by atoms with E-state index in [9.17, 15) is 33.1 Å². The first-order chi connectivity index (χ1) is 17.4. The maximum atomic E-state index is 13.4. The summed E-state index contributed by atoms with van der Waals surface area (Å²) in [5.41, 5.74) is -0.385. The van der Waals surface area contributed by atoms with Crippen LogP contribution < -0.4 is 4.90 Å². The number of carbonyl (C=O) groups excluding carboxylic acids is 1. The lowest BCUT2D eigenvalue weighted by Gasteiger charge is -2.18. The number of oxazole rings is 1. The van der Waals surface area contributed by atoms with Crippen LogP contribution in [0.2, 0.25) is 5.02 Å². The first-order valence-electron chi connectivity index (χ1n) is 10.6. The van der Waals surface area contributed by atoms with Gasteiger partial charge >= 0.3 is 12.1 Å². The Labute approximate surface area is 212 Å². The van der Waals surface area contributed by atoms with E-state index in [1.54, 1.807) is 24.3 Å². The van der Waals surface area contributed by atoms with E-state index >= 15 is 0 Å². The first-order valence-corrected chi connectivity index (χ1v) is 11.0. The Morgan fingerprint density at radius 1 is 1.19 bits per heavy atom. The predicted molar refractivity (Wildman–Crippen MR) is 127 cm³/mol. The van der Waals surface area contributed by atoms with E-state index in [-0.39, 0.29) is 38.8 Å². The number of rotatable bonds is 5. The van der Waals surface area contributed by atoms with Crippen LogP contribution in [0.1, 0.15) is 40.3 Å². The highest BCUT2D eigenvalue weighted by atomic mass is 35.5. The summed E-state index contributed by atoms with van der Waals surface area (Å²) in [6, 6.07) is 11.3. The van der Waals surface area contributed by atoms with Crippen molar-refractivity contribution >= 4 is 40.3 Å². The van der Waals surface area contributed by atoms with Crippen molar-refractivity contribution in [1.29, 1.82) is 5.26 Å². The number of anilines is 1. The third-order valence-electron chi connectivity index (χ3n) is 5.64. The molecule has 0 saturated heterocycles. The highest BCUT2D eigenvalue weighted by molar-refractivity contribution is 6.33. The molecule has 0 spiro atoms. The molecule has 2 aromatic heterocycles. The van der Waals surface area contributed by atoms with Gasteiger partial charge in [-0.05, 0) is 43.3 Å². The molecule has 2 heterocycles. The second-order valence-corrected chi connectivity index (χ2v) is 8.43. The summed E-state index contributed by atoms with van der Waals surface area (Å²) in [6.45, 7) is 1.42. The van der Waals surface area contributed by atoms with Gasteiger partial charge in [-0.25, -0.2) is 4.98 Å². The lowest BCUT2D eigenvalue weighted by Crippen LogP contribution is -2.26. The molecular formula is C25H16ClF3N4O4. The van der Waals surface area contributed by atoms with Gasteiger partial charge in [0.1, 0.15) is 17.1 Å². The number of fused-ring (bicyclic) bond motifs is 1.